The molecule has 0 unspecified atom stereocenters. The highest BCUT2D eigenvalue weighted by atomic mass is 32.2. The van der Waals surface area contributed by atoms with Crippen LogP contribution >= 0.6 is 11.8 Å². The molecule has 0 fully saturated rings. The van der Waals surface area contributed by atoms with E-state index in [4.69, 9.17) is 9.15 Å². The van der Waals surface area contributed by atoms with Crippen molar-refractivity contribution in [3.05, 3.63) is 82.1 Å². The summed E-state index contributed by atoms with van der Waals surface area (Å²) in [7, 11) is 1.57. The van der Waals surface area contributed by atoms with Crippen LogP contribution in [0.4, 0.5) is 0 Å². The number of nitriles is 1. The summed E-state index contributed by atoms with van der Waals surface area (Å²) in [4.78, 5) is 12.6. The van der Waals surface area contributed by atoms with Crippen LogP contribution in [0.15, 0.2) is 46.9 Å². The average molecular weight is 434 g/mol. The van der Waals surface area contributed by atoms with Gasteiger partial charge in [-0.2, -0.15) is 5.26 Å². The average Bonchev–Trinajstić information content (AvgIpc) is 3.20. The second-order valence-corrected chi connectivity index (χ2v) is 7.71. The van der Waals surface area contributed by atoms with Gasteiger partial charge in [0.1, 0.15) is 5.75 Å². The van der Waals surface area contributed by atoms with Gasteiger partial charge in [0.2, 0.25) is 16.9 Å². The maximum absolute atomic E-state index is 12.6. The molecule has 31 heavy (non-hydrogen) atoms. The Labute approximate surface area is 185 Å². The summed E-state index contributed by atoms with van der Waals surface area (Å²) in [6.45, 7) is 3.68. The summed E-state index contributed by atoms with van der Waals surface area (Å²) in [5.74, 6) is 1.68. The number of carbonyl (C=O) groups is 1. The third kappa shape index (κ3) is 5.22. The first kappa shape index (κ1) is 22.3. The van der Waals surface area contributed by atoms with Crippen molar-refractivity contribution < 1.29 is 13.9 Å². The number of hydrogen-bond donors (Lipinski definition) is 0. The number of allylic oxidation sites excluding steroid dienone is 1. The maximum Gasteiger partial charge on any atom is 0.222 e. The van der Waals surface area contributed by atoms with Gasteiger partial charge in [0.05, 0.1) is 24.3 Å². The van der Waals surface area contributed by atoms with Crippen molar-refractivity contribution in [2.45, 2.75) is 26.7 Å². The van der Waals surface area contributed by atoms with E-state index in [1.54, 1.807) is 26.4 Å². The molecule has 0 saturated carbocycles. The first-order chi connectivity index (χ1) is 15.0. The Balaban J connectivity index is 2.09. The number of aromatic nitrogens is 2. The van der Waals surface area contributed by atoms with Crippen LogP contribution < -0.4 is 4.74 Å². The van der Waals surface area contributed by atoms with Crippen LogP contribution in [0, 0.1) is 25.2 Å². The predicted octanol–water partition coefficient (Wildman–Crippen LogP) is 5.13. The van der Waals surface area contributed by atoms with Crippen LogP contribution in [0.1, 0.15) is 50.8 Å². The number of rotatable bonds is 7. The number of thioether (sulfide) groups is 1. The zero-order valence-electron chi connectivity index (χ0n) is 17.9. The van der Waals surface area contributed by atoms with Gasteiger partial charge in [-0.25, -0.2) is 0 Å². The maximum atomic E-state index is 12.6. The van der Waals surface area contributed by atoms with Gasteiger partial charge in [-0.1, -0.05) is 30.0 Å². The van der Waals surface area contributed by atoms with Crippen molar-refractivity contribution >= 4 is 22.5 Å². The largest absolute Gasteiger partial charge is 0.496 e. The Morgan fingerprint density at radius 1 is 1.23 bits per heavy atom. The van der Waals surface area contributed by atoms with E-state index in [0.717, 1.165) is 34.0 Å². The van der Waals surface area contributed by atoms with Gasteiger partial charge in [-0.3, -0.25) is 4.79 Å². The van der Waals surface area contributed by atoms with Crippen LogP contribution in [-0.4, -0.2) is 28.7 Å². The number of benzene rings is 2. The van der Waals surface area contributed by atoms with Gasteiger partial charge in [-0.15, -0.1) is 10.2 Å². The lowest BCUT2D eigenvalue weighted by Crippen LogP contribution is -2.02. The molecule has 0 radical (unpaired) electrons. The van der Waals surface area contributed by atoms with E-state index in [2.05, 4.69) is 22.3 Å². The lowest BCUT2D eigenvalue weighted by molar-refractivity contribution is 0.108. The highest BCUT2D eigenvalue weighted by Gasteiger charge is 2.18. The zero-order chi connectivity index (χ0) is 22.4. The van der Waals surface area contributed by atoms with E-state index >= 15 is 0 Å². The smallest absolute Gasteiger partial charge is 0.222 e. The van der Waals surface area contributed by atoms with Gasteiger partial charge in [0, 0.05) is 13.3 Å². The summed E-state index contributed by atoms with van der Waals surface area (Å²) < 4.78 is 11.0. The summed E-state index contributed by atoms with van der Waals surface area (Å²) in [5, 5.41) is 17.2. The third-order valence-electron chi connectivity index (χ3n) is 4.77. The molecule has 1 heterocycles. The second kappa shape index (κ2) is 10.1. The minimum atomic E-state index is -0.0618. The van der Waals surface area contributed by atoms with Crippen molar-refractivity contribution in [1.82, 2.24) is 10.2 Å². The van der Waals surface area contributed by atoms with Gasteiger partial charge >= 0.3 is 0 Å². The molecule has 7 heteroatoms. The lowest BCUT2D eigenvalue weighted by Gasteiger charge is -2.15. The molecule has 0 spiro atoms. The Kier molecular flexibility index (Phi) is 7.27. The number of hydrogen-bond acceptors (Lipinski definition) is 7. The van der Waals surface area contributed by atoms with Crippen LogP contribution in [0.5, 0.6) is 5.75 Å². The lowest BCUT2D eigenvalue weighted by atomic mass is 9.92. The molecule has 158 valence electrons. The monoisotopic (exact) mass is 433 g/mol. The van der Waals surface area contributed by atoms with Crippen LogP contribution in [-0.2, 0) is 6.42 Å². The predicted molar refractivity (Wildman–Crippen MR) is 121 cm³/mol. The molecular formula is C24H23N3O3S. The Morgan fingerprint density at radius 3 is 2.68 bits per heavy atom. The minimum absolute atomic E-state index is 0.0618. The van der Waals surface area contributed by atoms with Crippen molar-refractivity contribution in [1.29, 1.82) is 5.26 Å². The molecule has 0 aliphatic heterocycles. The minimum Gasteiger partial charge on any atom is -0.496 e. The Hall–Kier alpha value is -3.37. The summed E-state index contributed by atoms with van der Waals surface area (Å²) in [6, 6.07) is 13.5. The van der Waals surface area contributed by atoms with E-state index < -0.39 is 0 Å². The van der Waals surface area contributed by atoms with E-state index in [1.165, 1.54) is 0 Å². The van der Waals surface area contributed by atoms with Crippen LogP contribution in [0.25, 0.3) is 5.57 Å². The Morgan fingerprint density at radius 2 is 2.03 bits per heavy atom. The molecule has 0 N–H and O–H groups in total. The van der Waals surface area contributed by atoms with Crippen LogP contribution in [0.2, 0.25) is 0 Å². The van der Waals surface area contributed by atoms with E-state index in [0.29, 0.717) is 41.5 Å². The standard InChI is InChI=1S/C24H23N3O3S/c1-15-11-19(13-21(23(15)29-3)24(28)31-4)20(18-8-5-7-17(12-18)14-25)9-6-10-22-27-26-16(2)30-22/h5,7-9,11-13H,6,10H2,1-4H3/b20-9+. The van der Waals surface area contributed by atoms with Crippen molar-refractivity contribution in [2.75, 3.05) is 13.4 Å². The SMILES string of the molecule is COc1c(C)cc(/C(=C/CCc2nnc(C)o2)c2cccc(C#N)c2)cc1C(=O)SC. The number of carbonyl (C=O) groups excluding carboxylic acids is 1. The molecule has 0 aliphatic rings. The van der Waals surface area contributed by atoms with E-state index in [-0.39, 0.29) is 5.12 Å². The fraction of sp³-hybridized carbons (Fsp3) is 0.250. The third-order valence-corrected chi connectivity index (χ3v) is 5.36. The normalized spacial score (nSPS) is 11.3. The molecule has 6 nitrogen and oxygen atoms in total. The summed E-state index contributed by atoms with van der Waals surface area (Å²) in [5.41, 5.74) is 4.67. The highest BCUT2D eigenvalue weighted by molar-refractivity contribution is 8.13. The van der Waals surface area contributed by atoms with Gasteiger partial charge in [-0.05, 0) is 66.1 Å². The fourth-order valence-corrected chi connectivity index (χ4v) is 3.77. The van der Waals surface area contributed by atoms with E-state index in [1.807, 2.05) is 37.3 Å². The number of ether oxygens (including phenoxy) is 1. The molecule has 1 aromatic heterocycles. The second-order valence-electron chi connectivity index (χ2n) is 6.93. The van der Waals surface area contributed by atoms with Crippen molar-refractivity contribution in [3.63, 3.8) is 0 Å². The van der Waals surface area contributed by atoms with Crippen molar-refractivity contribution in [3.8, 4) is 11.8 Å². The first-order valence-electron chi connectivity index (χ1n) is 9.73. The van der Waals surface area contributed by atoms with Gasteiger partial charge in [0.15, 0.2) is 0 Å². The molecular weight excluding hydrogens is 410 g/mol. The molecule has 0 aliphatic carbocycles. The van der Waals surface area contributed by atoms with Crippen LogP contribution in [0.3, 0.4) is 0 Å². The molecule has 2 aromatic carbocycles. The quantitative estimate of drug-likeness (QED) is 0.510. The number of methoxy groups -OCH3 is 1. The van der Waals surface area contributed by atoms with E-state index in [9.17, 15) is 10.1 Å². The highest BCUT2D eigenvalue weighted by Crippen LogP contribution is 2.33. The number of aryl methyl sites for hydroxylation is 3. The fourth-order valence-electron chi connectivity index (χ4n) is 3.40. The van der Waals surface area contributed by atoms with Gasteiger partial charge < -0.3 is 9.15 Å². The first-order valence-corrected chi connectivity index (χ1v) is 11.0. The molecule has 0 atom stereocenters. The molecule has 3 rings (SSSR count). The summed E-state index contributed by atoms with van der Waals surface area (Å²) >= 11 is 1.15. The van der Waals surface area contributed by atoms with Crippen molar-refractivity contribution in [2.24, 2.45) is 0 Å². The number of nitrogens with zero attached hydrogens (tertiary/aromatic N) is 3. The topological polar surface area (TPSA) is 89.0 Å². The van der Waals surface area contributed by atoms with Gasteiger partial charge in [0.25, 0.3) is 0 Å². The molecule has 0 saturated heterocycles. The molecule has 0 amide bonds. The zero-order valence-corrected chi connectivity index (χ0v) is 18.7. The molecule has 3 aromatic rings. The summed E-state index contributed by atoms with van der Waals surface area (Å²) in [6.07, 6.45) is 5.08. The molecule has 0 bridgehead atoms. The Bertz CT molecular complexity index is 1180.